The van der Waals surface area contributed by atoms with Crippen LogP contribution in [0.3, 0.4) is 0 Å². The predicted molar refractivity (Wildman–Crippen MR) is 67.0 cm³/mol. The van der Waals surface area contributed by atoms with Gasteiger partial charge in [-0.25, -0.2) is 4.98 Å². The molecule has 0 atom stereocenters. The topological polar surface area (TPSA) is 90.2 Å². The normalized spacial score (nSPS) is 10.1. The van der Waals surface area contributed by atoms with Crippen LogP contribution in [0.15, 0.2) is 35.4 Å². The van der Waals surface area contributed by atoms with Gasteiger partial charge in [0.2, 0.25) is 5.88 Å². The summed E-state index contributed by atoms with van der Waals surface area (Å²) in [6.07, 6.45) is 1.23. The first-order chi connectivity index (χ1) is 8.72. The van der Waals surface area contributed by atoms with Gasteiger partial charge in [-0.05, 0) is 19.1 Å². The summed E-state index contributed by atoms with van der Waals surface area (Å²) < 4.78 is 10.9. The third kappa shape index (κ3) is 2.42. The molecule has 6 nitrogen and oxygen atoms in total. The highest BCUT2D eigenvalue weighted by Gasteiger charge is 2.10. The number of aromatic amines is 1. The average Bonchev–Trinajstić information content (AvgIpc) is 2.37. The molecular weight excluding hydrogens is 234 g/mol. The zero-order valence-corrected chi connectivity index (χ0v) is 9.84. The Hall–Kier alpha value is -2.50. The predicted octanol–water partition coefficient (Wildman–Crippen LogP) is 1.54. The van der Waals surface area contributed by atoms with Gasteiger partial charge in [0.25, 0.3) is 5.56 Å². The van der Waals surface area contributed by atoms with Crippen molar-refractivity contribution in [2.24, 2.45) is 0 Å². The Kier molecular flexibility index (Phi) is 3.47. The van der Waals surface area contributed by atoms with Gasteiger partial charge in [0, 0.05) is 0 Å². The van der Waals surface area contributed by atoms with Crippen molar-refractivity contribution in [3.05, 3.63) is 40.9 Å². The highest BCUT2D eigenvalue weighted by Crippen LogP contribution is 2.31. The van der Waals surface area contributed by atoms with E-state index in [1.54, 1.807) is 18.2 Å². The van der Waals surface area contributed by atoms with Gasteiger partial charge in [-0.2, -0.15) is 0 Å². The molecule has 0 amide bonds. The van der Waals surface area contributed by atoms with Gasteiger partial charge in [0.05, 0.1) is 12.9 Å². The molecule has 94 valence electrons. The van der Waals surface area contributed by atoms with Gasteiger partial charge in [-0.3, -0.25) is 4.79 Å². The van der Waals surface area contributed by atoms with Crippen LogP contribution in [-0.2, 0) is 0 Å². The first-order valence-electron chi connectivity index (χ1n) is 5.45. The van der Waals surface area contributed by atoms with Gasteiger partial charge in [-0.15, -0.1) is 0 Å². The maximum atomic E-state index is 11.3. The summed E-state index contributed by atoms with van der Waals surface area (Å²) in [4.78, 5) is 17.5. The zero-order chi connectivity index (χ0) is 13.0. The van der Waals surface area contributed by atoms with Crippen molar-refractivity contribution in [1.82, 2.24) is 9.97 Å². The Labute approximate surface area is 103 Å². The molecule has 2 aromatic rings. The number of benzene rings is 1. The molecule has 0 aliphatic carbocycles. The Balaban J connectivity index is 2.34. The first-order valence-corrected chi connectivity index (χ1v) is 5.45. The molecule has 2 rings (SSSR count). The molecule has 1 heterocycles. The van der Waals surface area contributed by atoms with E-state index >= 15 is 0 Å². The minimum Gasteiger partial charge on any atom is -0.490 e. The highest BCUT2D eigenvalue weighted by molar-refractivity contribution is 5.49. The number of nitrogens with two attached hydrogens (primary N) is 1. The Morgan fingerprint density at radius 2 is 2.06 bits per heavy atom. The summed E-state index contributed by atoms with van der Waals surface area (Å²) in [5.41, 5.74) is 5.08. The van der Waals surface area contributed by atoms with Crippen molar-refractivity contribution < 1.29 is 9.47 Å². The van der Waals surface area contributed by atoms with E-state index in [9.17, 15) is 4.79 Å². The fraction of sp³-hybridized carbons (Fsp3) is 0.167. The number of aromatic nitrogens is 2. The number of ether oxygens (including phenoxy) is 2. The monoisotopic (exact) mass is 247 g/mol. The number of para-hydroxylation sites is 2. The number of rotatable bonds is 4. The molecule has 0 radical (unpaired) electrons. The number of hydrogen-bond acceptors (Lipinski definition) is 5. The average molecular weight is 247 g/mol. The lowest BCUT2D eigenvalue weighted by Gasteiger charge is -2.10. The van der Waals surface area contributed by atoms with Gasteiger partial charge in [0.15, 0.2) is 17.2 Å². The Morgan fingerprint density at radius 3 is 2.78 bits per heavy atom. The standard InChI is InChI=1S/C12H13N3O3/c1-2-17-8-5-3-4-6-9(8)18-12-10(13)11(16)14-7-15-12/h3-7H,2,13H2,1H3,(H,14,15,16). The molecule has 1 aromatic heterocycles. The van der Waals surface area contributed by atoms with E-state index in [0.717, 1.165) is 0 Å². The quantitative estimate of drug-likeness (QED) is 0.855. The second-order valence-electron chi connectivity index (χ2n) is 3.43. The van der Waals surface area contributed by atoms with E-state index < -0.39 is 5.56 Å². The number of hydrogen-bond donors (Lipinski definition) is 2. The number of nitrogens with one attached hydrogen (secondary N) is 1. The van der Waals surface area contributed by atoms with Crippen LogP contribution in [0.1, 0.15) is 6.92 Å². The molecule has 0 aliphatic heterocycles. The highest BCUT2D eigenvalue weighted by atomic mass is 16.5. The fourth-order valence-corrected chi connectivity index (χ4v) is 1.39. The summed E-state index contributed by atoms with van der Waals surface area (Å²) in [7, 11) is 0. The molecular formula is C12H13N3O3. The first kappa shape index (κ1) is 12.0. The molecule has 0 spiro atoms. The van der Waals surface area contributed by atoms with E-state index in [1.807, 2.05) is 13.0 Å². The molecule has 0 bridgehead atoms. The summed E-state index contributed by atoms with van der Waals surface area (Å²) in [5, 5.41) is 0. The largest absolute Gasteiger partial charge is 0.490 e. The van der Waals surface area contributed by atoms with Crippen molar-refractivity contribution in [2.45, 2.75) is 6.92 Å². The van der Waals surface area contributed by atoms with Crippen LogP contribution >= 0.6 is 0 Å². The molecule has 3 N–H and O–H groups in total. The summed E-state index contributed by atoms with van der Waals surface area (Å²) >= 11 is 0. The van der Waals surface area contributed by atoms with Crippen molar-refractivity contribution in [1.29, 1.82) is 0 Å². The summed E-state index contributed by atoms with van der Waals surface area (Å²) in [6, 6.07) is 7.10. The lowest BCUT2D eigenvalue weighted by Crippen LogP contribution is -2.13. The SMILES string of the molecule is CCOc1ccccc1Oc1nc[nH]c(=O)c1N. The van der Waals surface area contributed by atoms with Gasteiger partial charge >= 0.3 is 0 Å². The summed E-state index contributed by atoms with van der Waals surface area (Å²) in [6.45, 7) is 2.38. The molecule has 0 saturated carbocycles. The van der Waals surface area contributed by atoms with Gasteiger partial charge < -0.3 is 20.2 Å². The van der Waals surface area contributed by atoms with Crippen LogP contribution in [-0.4, -0.2) is 16.6 Å². The van der Waals surface area contributed by atoms with Crippen molar-refractivity contribution in [3.8, 4) is 17.4 Å². The van der Waals surface area contributed by atoms with Crippen molar-refractivity contribution in [2.75, 3.05) is 12.3 Å². The van der Waals surface area contributed by atoms with Crippen molar-refractivity contribution >= 4 is 5.69 Å². The van der Waals surface area contributed by atoms with Crippen LogP contribution in [0.4, 0.5) is 5.69 Å². The zero-order valence-electron chi connectivity index (χ0n) is 9.84. The minimum atomic E-state index is -0.436. The third-order valence-electron chi connectivity index (χ3n) is 2.21. The van der Waals surface area contributed by atoms with Gasteiger partial charge in [0.1, 0.15) is 0 Å². The Bertz CT molecular complexity index is 595. The molecule has 0 aliphatic rings. The van der Waals surface area contributed by atoms with E-state index in [1.165, 1.54) is 6.33 Å². The maximum absolute atomic E-state index is 11.3. The summed E-state index contributed by atoms with van der Waals surface area (Å²) in [5.74, 6) is 1.09. The number of anilines is 1. The van der Waals surface area contributed by atoms with Crippen molar-refractivity contribution in [3.63, 3.8) is 0 Å². The van der Waals surface area contributed by atoms with E-state index in [0.29, 0.717) is 18.1 Å². The lowest BCUT2D eigenvalue weighted by molar-refractivity contribution is 0.319. The molecule has 0 saturated heterocycles. The number of nitrogen functional groups attached to an aromatic ring is 1. The second kappa shape index (κ2) is 5.22. The van der Waals surface area contributed by atoms with E-state index in [-0.39, 0.29) is 11.6 Å². The molecule has 0 fully saturated rings. The van der Waals surface area contributed by atoms with Gasteiger partial charge in [-0.1, -0.05) is 12.1 Å². The molecule has 18 heavy (non-hydrogen) atoms. The van der Waals surface area contributed by atoms with Crippen LogP contribution in [0.25, 0.3) is 0 Å². The van der Waals surface area contributed by atoms with Crippen LogP contribution < -0.4 is 20.8 Å². The minimum absolute atomic E-state index is 0.0610. The third-order valence-corrected chi connectivity index (χ3v) is 2.21. The smallest absolute Gasteiger partial charge is 0.277 e. The fourth-order valence-electron chi connectivity index (χ4n) is 1.39. The number of H-pyrrole nitrogens is 1. The van der Waals surface area contributed by atoms with Crippen LogP contribution in [0.2, 0.25) is 0 Å². The van der Waals surface area contributed by atoms with E-state index in [2.05, 4.69) is 9.97 Å². The van der Waals surface area contributed by atoms with Crippen LogP contribution in [0.5, 0.6) is 17.4 Å². The maximum Gasteiger partial charge on any atom is 0.277 e. The lowest BCUT2D eigenvalue weighted by atomic mass is 10.3. The molecule has 0 unspecified atom stereocenters. The Morgan fingerprint density at radius 1 is 1.33 bits per heavy atom. The number of nitrogens with zero attached hydrogens (tertiary/aromatic N) is 1. The van der Waals surface area contributed by atoms with E-state index in [4.69, 9.17) is 15.2 Å². The molecule has 6 heteroatoms. The van der Waals surface area contributed by atoms with Crippen LogP contribution in [0, 0.1) is 0 Å². The molecule has 1 aromatic carbocycles. The second-order valence-corrected chi connectivity index (χ2v) is 3.43.